The Morgan fingerprint density at radius 1 is 1.36 bits per heavy atom. The van der Waals surface area contributed by atoms with Crippen molar-refractivity contribution in [1.82, 2.24) is 14.8 Å². The van der Waals surface area contributed by atoms with E-state index in [4.69, 9.17) is 9.84 Å². The van der Waals surface area contributed by atoms with Gasteiger partial charge in [-0.25, -0.2) is 4.79 Å². The molecule has 0 unspecified atom stereocenters. The second-order valence-electron chi connectivity index (χ2n) is 6.38. The van der Waals surface area contributed by atoms with Crippen LogP contribution in [0.3, 0.4) is 0 Å². The number of carbonyl (C=O) groups excluding carboxylic acids is 3. The zero-order chi connectivity index (χ0) is 18.5. The number of carbonyl (C=O) groups is 4. The molecule has 0 spiro atoms. The van der Waals surface area contributed by atoms with Crippen LogP contribution in [0.15, 0.2) is 18.3 Å². The lowest BCUT2D eigenvalue weighted by molar-refractivity contribution is -0.163. The van der Waals surface area contributed by atoms with Crippen LogP contribution in [0.2, 0.25) is 0 Å². The van der Waals surface area contributed by atoms with Crippen LogP contribution >= 0.6 is 11.8 Å². The molecule has 2 aliphatic rings. The maximum Gasteiger partial charge on any atom is 0.507 e. The normalized spacial score (nSPS) is 26.6. The fourth-order valence-electron chi connectivity index (χ4n) is 3.01. The largest absolute Gasteiger partial charge is 0.507 e. The van der Waals surface area contributed by atoms with Gasteiger partial charge >= 0.3 is 6.16 Å². The van der Waals surface area contributed by atoms with Crippen molar-refractivity contribution in [2.24, 2.45) is 7.05 Å². The molecule has 1 aromatic rings. The Balaban J connectivity index is 1.71. The van der Waals surface area contributed by atoms with Gasteiger partial charge in [-0.05, 0) is 26.0 Å². The van der Waals surface area contributed by atoms with Crippen molar-refractivity contribution in [3.8, 4) is 0 Å². The quantitative estimate of drug-likeness (QED) is 0.342. The van der Waals surface area contributed by atoms with E-state index in [9.17, 15) is 19.2 Å². The van der Waals surface area contributed by atoms with Crippen LogP contribution in [0, 0.1) is 0 Å². The summed E-state index contributed by atoms with van der Waals surface area (Å²) in [6.07, 6.45) is -0.775. The number of fused-ring (bicyclic) bond motifs is 1. The fraction of sp³-hybridized carbons (Fsp3) is 0.467. The number of nitrogens with one attached hydrogen (secondary N) is 1. The third kappa shape index (κ3) is 2.76. The first-order chi connectivity index (χ1) is 11.6. The first-order valence-corrected chi connectivity index (χ1v) is 8.37. The highest BCUT2D eigenvalue weighted by molar-refractivity contribution is 8.01. The van der Waals surface area contributed by atoms with Crippen LogP contribution in [0.25, 0.3) is 0 Å². The van der Waals surface area contributed by atoms with E-state index in [1.807, 2.05) is 0 Å². The third-order valence-electron chi connectivity index (χ3n) is 4.23. The number of ether oxygens (including phenoxy) is 1. The van der Waals surface area contributed by atoms with E-state index in [1.165, 1.54) is 27.3 Å². The molecule has 2 fully saturated rings. The average molecular weight is 367 g/mol. The van der Waals surface area contributed by atoms with Crippen LogP contribution in [-0.4, -0.2) is 60.7 Å². The minimum Gasteiger partial charge on any atom is -0.450 e. The Morgan fingerprint density at radius 3 is 2.60 bits per heavy atom. The van der Waals surface area contributed by atoms with Crippen molar-refractivity contribution in [2.75, 3.05) is 0 Å². The molecule has 2 amide bonds. The molecule has 0 radical (unpaired) electrons. The summed E-state index contributed by atoms with van der Waals surface area (Å²) in [5.41, 5.74) is 0.215. The molecule has 3 rings (SSSR count). The predicted molar refractivity (Wildman–Crippen MR) is 86.9 cm³/mol. The van der Waals surface area contributed by atoms with Crippen molar-refractivity contribution in [3.63, 3.8) is 0 Å². The molecule has 1 aromatic heterocycles. The van der Waals surface area contributed by atoms with Gasteiger partial charge in [-0.15, -0.1) is 11.8 Å². The minimum absolute atomic E-state index is 0.215. The fourth-order valence-corrected chi connectivity index (χ4v) is 4.56. The summed E-state index contributed by atoms with van der Waals surface area (Å²) in [5.74, 6) is -2.08. The average Bonchev–Trinajstić information content (AvgIpc) is 3.04. The topological polar surface area (TPSA) is 118 Å². The summed E-state index contributed by atoms with van der Waals surface area (Å²) in [5, 5.41) is 10.8. The van der Waals surface area contributed by atoms with Gasteiger partial charge in [-0.1, -0.05) is 0 Å². The van der Waals surface area contributed by atoms with E-state index in [0.29, 0.717) is 0 Å². The van der Waals surface area contributed by atoms with Crippen molar-refractivity contribution < 1.29 is 29.0 Å². The minimum atomic E-state index is -1.47. The molecule has 2 aliphatic heterocycles. The first kappa shape index (κ1) is 17.3. The van der Waals surface area contributed by atoms with Gasteiger partial charge in [0.15, 0.2) is 6.23 Å². The first-order valence-electron chi connectivity index (χ1n) is 7.49. The monoisotopic (exact) mass is 367 g/mol. The number of Topliss-reactive ketones (excluding diaryl/α,β-unsaturated/α-hetero) is 1. The number of amides is 2. The number of hydrogen-bond donors (Lipinski definition) is 2. The lowest BCUT2D eigenvalue weighted by Gasteiger charge is -2.43. The summed E-state index contributed by atoms with van der Waals surface area (Å²) in [7, 11) is 1.64. The number of hydrogen-bond acceptors (Lipinski definition) is 6. The van der Waals surface area contributed by atoms with E-state index in [2.05, 4.69) is 5.32 Å². The molecular weight excluding hydrogens is 350 g/mol. The van der Waals surface area contributed by atoms with Gasteiger partial charge in [0.2, 0.25) is 0 Å². The Labute approximate surface area is 147 Å². The highest BCUT2D eigenvalue weighted by Crippen LogP contribution is 2.51. The van der Waals surface area contributed by atoms with Crippen LogP contribution in [0.4, 0.5) is 4.79 Å². The standard InChI is InChI=1S/C15H17N3O6S/c1-15(2)13(24-14(22)23)18-11(21)8(12(18)25-15)16-10(20)9(19)7-5-4-6-17(7)3/h4-6,8,12-13H,1-3H3,(H,16,20)(H,22,23)/t8-,12-,13+/m1/s1. The summed E-state index contributed by atoms with van der Waals surface area (Å²) in [6.45, 7) is 3.51. The molecule has 3 heterocycles. The zero-order valence-corrected chi connectivity index (χ0v) is 14.6. The van der Waals surface area contributed by atoms with Crippen molar-refractivity contribution >= 4 is 35.5 Å². The molecule has 25 heavy (non-hydrogen) atoms. The smallest absolute Gasteiger partial charge is 0.450 e. The van der Waals surface area contributed by atoms with Crippen molar-refractivity contribution in [3.05, 3.63) is 24.0 Å². The third-order valence-corrected chi connectivity index (χ3v) is 5.78. The summed E-state index contributed by atoms with van der Waals surface area (Å²) in [4.78, 5) is 48.8. The molecule has 9 nitrogen and oxygen atoms in total. The molecule has 134 valence electrons. The highest BCUT2D eigenvalue weighted by atomic mass is 32.2. The molecule has 0 aliphatic carbocycles. The molecular formula is C15H17N3O6S. The molecule has 0 aromatic carbocycles. The predicted octanol–water partition coefficient (Wildman–Crippen LogP) is 0.407. The molecule has 3 atom stereocenters. The van der Waals surface area contributed by atoms with Gasteiger partial charge in [0.05, 0.1) is 10.4 Å². The summed E-state index contributed by atoms with van der Waals surface area (Å²) in [6, 6.07) is 2.27. The van der Waals surface area contributed by atoms with E-state index >= 15 is 0 Å². The molecule has 10 heteroatoms. The van der Waals surface area contributed by atoms with E-state index in [-0.39, 0.29) is 5.69 Å². The number of ketones is 1. The molecule has 0 bridgehead atoms. The summed E-state index contributed by atoms with van der Waals surface area (Å²) >= 11 is 1.32. The SMILES string of the molecule is Cn1cccc1C(=O)C(=O)N[C@@H]1C(=O)N2[C@@H]1SC(C)(C)[C@@H]2OC(=O)O. The zero-order valence-electron chi connectivity index (χ0n) is 13.8. The Hall–Kier alpha value is -2.49. The van der Waals surface area contributed by atoms with Crippen LogP contribution in [0.1, 0.15) is 24.3 Å². The van der Waals surface area contributed by atoms with Gasteiger partial charge < -0.3 is 19.7 Å². The second-order valence-corrected chi connectivity index (χ2v) is 8.15. The van der Waals surface area contributed by atoms with Crippen LogP contribution in [-0.2, 0) is 21.4 Å². The van der Waals surface area contributed by atoms with Gasteiger partial charge in [0.25, 0.3) is 17.6 Å². The van der Waals surface area contributed by atoms with Crippen LogP contribution in [0.5, 0.6) is 0 Å². The lowest BCUT2D eigenvalue weighted by Crippen LogP contribution is -2.70. The Kier molecular flexibility index (Phi) is 4.02. The van der Waals surface area contributed by atoms with Crippen molar-refractivity contribution in [2.45, 2.75) is 36.2 Å². The van der Waals surface area contributed by atoms with Gasteiger partial charge in [-0.3, -0.25) is 19.3 Å². The van der Waals surface area contributed by atoms with E-state index in [0.717, 1.165) is 0 Å². The lowest BCUT2D eigenvalue weighted by atomic mass is 10.0. The Bertz CT molecular complexity index is 773. The van der Waals surface area contributed by atoms with E-state index in [1.54, 1.807) is 33.2 Å². The van der Waals surface area contributed by atoms with Gasteiger partial charge in [-0.2, -0.15) is 0 Å². The summed E-state index contributed by atoms with van der Waals surface area (Å²) < 4.78 is 5.67. The number of β-lactam (4-membered cyclic amide) rings is 1. The number of thioether (sulfide) groups is 1. The maximum absolute atomic E-state index is 12.3. The molecule has 2 saturated heterocycles. The van der Waals surface area contributed by atoms with Gasteiger partial charge in [0, 0.05) is 13.2 Å². The number of rotatable bonds is 4. The number of aromatic nitrogens is 1. The molecule has 2 N–H and O–H groups in total. The number of carboxylic acid groups (broad SMARTS) is 1. The van der Waals surface area contributed by atoms with Crippen LogP contribution < -0.4 is 5.32 Å². The van der Waals surface area contributed by atoms with Crippen molar-refractivity contribution in [1.29, 1.82) is 0 Å². The number of nitrogens with zero attached hydrogens (tertiary/aromatic N) is 2. The van der Waals surface area contributed by atoms with Gasteiger partial charge in [0.1, 0.15) is 11.4 Å². The number of aryl methyl sites for hydroxylation is 1. The second kappa shape index (κ2) is 5.80. The van der Waals surface area contributed by atoms with E-state index < -0.39 is 46.1 Å². The molecule has 0 saturated carbocycles. The highest BCUT2D eigenvalue weighted by Gasteiger charge is 2.63. The Morgan fingerprint density at radius 2 is 2.04 bits per heavy atom. The maximum atomic E-state index is 12.3.